The molecule has 1 atom stereocenters. The van der Waals surface area contributed by atoms with E-state index in [2.05, 4.69) is 0 Å². The van der Waals surface area contributed by atoms with Crippen LogP contribution >= 0.6 is 11.6 Å². The monoisotopic (exact) mass is 243 g/mol. The molecule has 1 fully saturated rings. The Balaban J connectivity index is 2.05. The van der Waals surface area contributed by atoms with Gasteiger partial charge in [0.05, 0.1) is 20.7 Å². The van der Waals surface area contributed by atoms with Crippen molar-refractivity contribution in [2.75, 3.05) is 11.5 Å². The molecule has 82 valence electrons. The van der Waals surface area contributed by atoms with Crippen LogP contribution in [0.2, 0.25) is 5.02 Å². The van der Waals surface area contributed by atoms with E-state index in [1.54, 1.807) is 18.2 Å². The standard InChI is InChI=1S/C11H14ClNOS/c12-10-4-3-9(13)7-11(10)15(14)6-5-8-1-2-8/h3-4,7-8H,1-2,5-6,13H2. The number of halogens is 1. The Bertz CT molecular complexity index is 390. The molecule has 1 saturated carbocycles. The van der Waals surface area contributed by atoms with Crippen LogP contribution in [0.25, 0.3) is 0 Å². The Morgan fingerprint density at radius 2 is 2.20 bits per heavy atom. The maximum absolute atomic E-state index is 11.9. The number of hydrogen-bond acceptors (Lipinski definition) is 2. The van der Waals surface area contributed by atoms with Crippen LogP contribution in [0.15, 0.2) is 23.1 Å². The number of hydrogen-bond donors (Lipinski definition) is 1. The minimum Gasteiger partial charge on any atom is -0.399 e. The SMILES string of the molecule is Nc1ccc(Cl)c(S(=O)CCC2CC2)c1. The van der Waals surface area contributed by atoms with Gasteiger partial charge in [0.25, 0.3) is 0 Å². The lowest BCUT2D eigenvalue weighted by Gasteiger charge is -2.05. The topological polar surface area (TPSA) is 43.1 Å². The highest BCUT2D eigenvalue weighted by Crippen LogP contribution is 2.33. The van der Waals surface area contributed by atoms with Gasteiger partial charge < -0.3 is 5.73 Å². The summed E-state index contributed by atoms with van der Waals surface area (Å²) in [6.45, 7) is 0. The minimum atomic E-state index is -0.998. The van der Waals surface area contributed by atoms with Gasteiger partial charge in [0.1, 0.15) is 0 Å². The minimum absolute atomic E-state index is 0.554. The fourth-order valence-electron chi connectivity index (χ4n) is 1.48. The average Bonchev–Trinajstić information content (AvgIpc) is 3.02. The van der Waals surface area contributed by atoms with E-state index in [-0.39, 0.29) is 0 Å². The third-order valence-corrected chi connectivity index (χ3v) is 4.49. The van der Waals surface area contributed by atoms with Crippen molar-refractivity contribution in [3.63, 3.8) is 0 Å². The molecule has 2 nitrogen and oxygen atoms in total. The lowest BCUT2D eigenvalue weighted by Crippen LogP contribution is -2.00. The fourth-order valence-corrected chi connectivity index (χ4v) is 3.18. The summed E-state index contributed by atoms with van der Waals surface area (Å²) in [6, 6.07) is 5.15. The van der Waals surface area contributed by atoms with E-state index >= 15 is 0 Å². The molecule has 0 aliphatic heterocycles. The van der Waals surface area contributed by atoms with Crippen molar-refractivity contribution in [3.8, 4) is 0 Å². The quantitative estimate of drug-likeness (QED) is 0.827. The Labute approximate surface area is 97.3 Å². The van der Waals surface area contributed by atoms with Crippen LogP contribution in [-0.4, -0.2) is 9.96 Å². The summed E-state index contributed by atoms with van der Waals surface area (Å²) in [4.78, 5) is 0.678. The van der Waals surface area contributed by atoms with Crippen molar-refractivity contribution >= 4 is 28.1 Å². The summed E-state index contributed by atoms with van der Waals surface area (Å²) >= 11 is 5.97. The van der Waals surface area contributed by atoms with Crippen LogP contribution in [0.4, 0.5) is 5.69 Å². The van der Waals surface area contributed by atoms with Crippen LogP contribution in [0.3, 0.4) is 0 Å². The Kier molecular flexibility index (Phi) is 3.32. The lowest BCUT2D eigenvalue weighted by atomic mass is 10.3. The van der Waals surface area contributed by atoms with Crippen LogP contribution < -0.4 is 5.73 Å². The largest absolute Gasteiger partial charge is 0.399 e. The molecule has 1 aliphatic carbocycles. The van der Waals surface area contributed by atoms with Crippen molar-refractivity contribution < 1.29 is 4.21 Å². The zero-order valence-electron chi connectivity index (χ0n) is 8.41. The van der Waals surface area contributed by atoms with Gasteiger partial charge >= 0.3 is 0 Å². The number of anilines is 1. The normalized spacial score (nSPS) is 17.7. The van der Waals surface area contributed by atoms with Crippen LogP contribution in [0.5, 0.6) is 0 Å². The molecule has 0 heterocycles. The van der Waals surface area contributed by atoms with Gasteiger partial charge in [0.2, 0.25) is 0 Å². The van der Waals surface area contributed by atoms with E-state index < -0.39 is 10.8 Å². The summed E-state index contributed by atoms with van der Waals surface area (Å²) in [6.07, 6.45) is 3.63. The second-order valence-electron chi connectivity index (χ2n) is 3.97. The van der Waals surface area contributed by atoms with Crippen molar-refractivity contribution in [1.82, 2.24) is 0 Å². The molecule has 0 saturated heterocycles. The van der Waals surface area contributed by atoms with Crippen molar-refractivity contribution in [2.45, 2.75) is 24.2 Å². The second kappa shape index (κ2) is 4.54. The maximum Gasteiger partial charge on any atom is 0.0594 e. The maximum atomic E-state index is 11.9. The van der Waals surface area contributed by atoms with Gasteiger partial charge in [0.15, 0.2) is 0 Å². The molecule has 1 aromatic carbocycles. The van der Waals surface area contributed by atoms with E-state index in [9.17, 15) is 4.21 Å². The molecular formula is C11H14ClNOS. The van der Waals surface area contributed by atoms with Gasteiger partial charge in [-0.15, -0.1) is 0 Å². The average molecular weight is 244 g/mol. The van der Waals surface area contributed by atoms with Crippen molar-refractivity contribution in [2.24, 2.45) is 5.92 Å². The predicted octanol–water partition coefficient (Wildman–Crippen LogP) is 2.83. The summed E-state index contributed by atoms with van der Waals surface area (Å²) in [5.41, 5.74) is 6.26. The van der Waals surface area contributed by atoms with Crippen LogP contribution in [0, 0.1) is 5.92 Å². The predicted molar refractivity (Wildman–Crippen MR) is 64.5 cm³/mol. The van der Waals surface area contributed by atoms with Gasteiger partial charge in [-0.1, -0.05) is 24.4 Å². The molecule has 1 unspecified atom stereocenters. The first-order valence-electron chi connectivity index (χ1n) is 5.10. The molecule has 0 bridgehead atoms. The highest BCUT2D eigenvalue weighted by molar-refractivity contribution is 7.85. The first kappa shape index (κ1) is 11.0. The molecule has 0 spiro atoms. The van der Waals surface area contributed by atoms with Gasteiger partial charge in [-0.05, 0) is 30.5 Å². The van der Waals surface area contributed by atoms with E-state index in [4.69, 9.17) is 17.3 Å². The molecule has 15 heavy (non-hydrogen) atoms. The van der Waals surface area contributed by atoms with Crippen LogP contribution in [0.1, 0.15) is 19.3 Å². The number of nitrogens with two attached hydrogens (primary N) is 1. The smallest absolute Gasteiger partial charge is 0.0594 e. The summed E-state index contributed by atoms with van der Waals surface area (Å²) in [5.74, 6) is 1.50. The zero-order chi connectivity index (χ0) is 10.8. The lowest BCUT2D eigenvalue weighted by molar-refractivity contribution is 0.676. The summed E-state index contributed by atoms with van der Waals surface area (Å²) in [7, 11) is -0.998. The van der Waals surface area contributed by atoms with Gasteiger partial charge in [-0.25, -0.2) is 0 Å². The highest BCUT2D eigenvalue weighted by atomic mass is 35.5. The van der Waals surface area contributed by atoms with Crippen molar-refractivity contribution in [1.29, 1.82) is 0 Å². The number of rotatable bonds is 4. The van der Waals surface area contributed by atoms with E-state index in [1.807, 2.05) is 0 Å². The second-order valence-corrected chi connectivity index (χ2v) is 5.92. The molecule has 2 N–H and O–H groups in total. The molecule has 4 heteroatoms. The summed E-state index contributed by atoms with van der Waals surface area (Å²) < 4.78 is 11.9. The molecular weight excluding hydrogens is 230 g/mol. The summed E-state index contributed by atoms with van der Waals surface area (Å²) in [5, 5.41) is 0.554. The van der Waals surface area contributed by atoms with E-state index in [0.717, 1.165) is 12.3 Å². The highest BCUT2D eigenvalue weighted by Gasteiger charge is 2.22. The zero-order valence-corrected chi connectivity index (χ0v) is 9.98. The fraction of sp³-hybridized carbons (Fsp3) is 0.455. The first-order chi connectivity index (χ1) is 7.16. The van der Waals surface area contributed by atoms with Crippen molar-refractivity contribution in [3.05, 3.63) is 23.2 Å². The molecule has 1 aliphatic rings. The third kappa shape index (κ3) is 2.95. The van der Waals surface area contributed by atoms with Gasteiger partial charge in [-0.2, -0.15) is 0 Å². The molecule has 0 amide bonds. The Morgan fingerprint density at radius 3 is 2.87 bits per heavy atom. The number of benzene rings is 1. The van der Waals surface area contributed by atoms with E-state index in [0.29, 0.717) is 21.4 Å². The Hall–Kier alpha value is -0.540. The van der Waals surface area contributed by atoms with Gasteiger partial charge in [0, 0.05) is 11.4 Å². The van der Waals surface area contributed by atoms with Crippen LogP contribution in [-0.2, 0) is 10.8 Å². The van der Waals surface area contributed by atoms with E-state index in [1.165, 1.54) is 12.8 Å². The molecule has 1 aromatic rings. The first-order valence-corrected chi connectivity index (χ1v) is 6.80. The molecule has 0 radical (unpaired) electrons. The Morgan fingerprint density at radius 1 is 1.47 bits per heavy atom. The molecule has 0 aromatic heterocycles. The van der Waals surface area contributed by atoms with Gasteiger partial charge in [-0.3, -0.25) is 4.21 Å². The third-order valence-electron chi connectivity index (χ3n) is 2.61. The number of nitrogen functional groups attached to an aromatic ring is 1. The molecule has 2 rings (SSSR count).